The zero-order valence-corrected chi connectivity index (χ0v) is 18.7. The van der Waals surface area contributed by atoms with Crippen molar-refractivity contribution in [2.45, 2.75) is 26.3 Å². The molecule has 0 aromatic heterocycles. The van der Waals surface area contributed by atoms with Crippen LogP contribution in [0, 0.1) is 5.82 Å². The van der Waals surface area contributed by atoms with Gasteiger partial charge in [-0.3, -0.25) is 9.59 Å². The molecule has 1 fully saturated rings. The van der Waals surface area contributed by atoms with E-state index in [4.69, 9.17) is 4.74 Å². The molecule has 0 spiro atoms. The number of hydrogen-bond acceptors (Lipinski definition) is 5. The second kappa shape index (κ2) is 10.4. The molecule has 3 rings (SSSR count). The van der Waals surface area contributed by atoms with Gasteiger partial charge in [0.1, 0.15) is 17.3 Å². The Morgan fingerprint density at radius 1 is 1.12 bits per heavy atom. The zero-order chi connectivity index (χ0) is 23.3. The molecule has 0 unspecified atom stereocenters. The van der Waals surface area contributed by atoms with Gasteiger partial charge >= 0.3 is 0 Å². The van der Waals surface area contributed by atoms with E-state index >= 15 is 0 Å². The summed E-state index contributed by atoms with van der Waals surface area (Å²) < 4.78 is 20.0. The number of aliphatic hydroxyl groups is 1. The average Bonchev–Trinajstić information content (AvgIpc) is 3.06. The molecule has 32 heavy (non-hydrogen) atoms. The number of amides is 1. The van der Waals surface area contributed by atoms with Gasteiger partial charge in [0.15, 0.2) is 0 Å². The van der Waals surface area contributed by atoms with E-state index in [0.29, 0.717) is 17.7 Å². The minimum Gasteiger partial charge on any atom is -0.507 e. The summed E-state index contributed by atoms with van der Waals surface area (Å²) in [6, 6.07) is 11.6. The fourth-order valence-corrected chi connectivity index (χ4v) is 4.06. The largest absolute Gasteiger partial charge is 0.507 e. The number of hydrogen-bond donors (Lipinski definition) is 1. The molecule has 1 amide bonds. The van der Waals surface area contributed by atoms with Crippen LogP contribution in [-0.2, 0) is 9.59 Å². The van der Waals surface area contributed by atoms with Crippen molar-refractivity contribution >= 4 is 17.4 Å². The van der Waals surface area contributed by atoms with E-state index in [9.17, 15) is 19.1 Å². The highest BCUT2D eigenvalue weighted by molar-refractivity contribution is 6.46. The van der Waals surface area contributed by atoms with Crippen LogP contribution in [0.15, 0.2) is 54.1 Å². The summed E-state index contributed by atoms with van der Waals surface area (Å²) in [5.74, 6) is -1.94. The molecule has 0 saturated carbocycles. The van der Waals surface area contributed by atoms with Gasteiger partial charge < -0.3 is 19.6 Å². The van der Waals surface area contributed by atoms with Crippen molar-refractivity contribution in [3.05, 3.63) is 71.0 Å². The molecular weight excluding hydrogens is 411 g/mol. The molecule has 2 aromatic carbocycles. The Balaban J connectivity index is 2.06. The zero-order valence-electron chi connectivity index (χ0n) is 18.7. The molecule has 1 saturated heterocycles. The predicted molar refractivity (Wildman–Crippen MR) is 121 cm³/mol. The van der Waals surface area contributed by atoms with Crippen molar-refractivity contribution < 1.29 is 23.8 Å². The third kappa shape index (κ3) is 4.67. The first-order valence-corrected chi connectivity index (χ1v) is 10.8. The highest BCUT2D eigenvalue weighted by Gasteiger charge is 2.46. The number of benzene rings is 2. The number of carbonyl (C=O) groups is 2. The number of aliphatic hydroxyl groups excluding tert-OH is 1. The maximum atomic E-state index is 14.8. The fourth-order valence-electron chi connectivity index (χ4n) is 4.06. The Kier molecular flexibility index (Phi) is 7.64. The van der Waals surface area contributed by atoms with E-state index in [1.54, 1.807) is 42.5 Å². The van der Waals surface area contributed by atoms with Crippen molar-refractivity contribution in [2.24, 2.45) is 0 Å². The summed E-state index contributed by atoms with van der Waals surface area (Å²) in [7, 11) is 1.49. The van der Waals surface area contributed by atoms with Crippen molar-refractivity contribution in [2.75, 3.05) is 33.3 Å². The monoisotopic (exact) mass is 440 g/mol. The summed E-state index contributed by atoms with van der Waals surface area (Å²) in [4.78, 5) is 29.6. The standard InChI is InChI=1S/C25H29FN2O4/c1-4-27(5-2)14-9-15-28-22(19-12-6-7-13-20(19)26)21(24(30)25(28)31)23(29)17-10-8-11-18(16-17)32-3/h6-8,10-13,16,22,29H,4-5,9,14-15H2,1-3H3/b23-21+/t22-/m0/s1. The van der Waals surface area contributed by atoms with Gasteiger partial charge in [-0.15, -0.1) is 0 Å². The number of rotatable bonds is 9. The lowest BCUT2D eigenvalue weighted by Crippen LogP contribution is -2.33. The second-order valence-electron chi connectivity index (χ2n) is 7.63. The number of likely N-dealkylation sites (tertiary alicyclic amines) is 1. The lowest BCUT2D eigenvalue weighted by atomic mass is 9.95. The van der Waals surface area contributed by atoms with Gasteiger partial charge in [0.25, 0.3) is 11.7 Å². The molecule has 1 heterocycles. The van der Waals surface area contributed by atoms with Gasteiger partial charge in [-0.25, -0.2) is 4.39 Å². The molecule has 1 N–H and O–H groups in total. The Labute approximate surface area is 187 Å². The molecule has 1 aliphatic rings. The van der Waals surface area contributed by atoms with Gasteiger partial charge in [0.2, 0.25) is 0 Å². The Morgan fingerprint density at radius 2 is 1.84 bits per heavy atom. The molecule has 7 heteroatoms. The molecule has 0 aliphatic carbocycles. The normalized spacial score (nSPS) is 17.9. The number of nitrogens with zero attached hydrogens (tertiary/aromatic N) is 2. The van der Waals surface area contributed by atoms with Crippen LogP contribution in [0.25, 0.3) is 5.76 Å². The number of halogens is 1. The first kappa shape index (κ1) is 23.5. The third-order valence-electron chi connectivity index (χ3n) is 5.85. The van der Waals surface area contributed by atoms with Crippen LogP contribution in [-0.4, -0.2) is 59.9 Å². The molecular formula is C25H29FN2O4. The summed E-state index contributed by atoms with van der Waals surface area (Å²) in [6.45, 7) is 6.89. The topological polar surface area (TPSA) is 70.1 Å². The summed E-state index contributed by atoms with van der Waals surface area (Å²) in [5.41, 5.74) is 0.391. The van der Waals surface area contributed by atoms with Crippen LogP contribution in [0.4, 0.5) is 4.39 Å². The predicted octanol–water partition coefficient (Wildman–Crippen LogP) is 3.99. The minimum absolute atomic E-state index is 0.115. The van der Waals surface area contributed by atoms with E-state index < -0.39 is 23.5 Å². The molecule has 0 bridgehead atoms. The van der Waals surface area contributed by atoms with Crippen LogP contribution >= 0.6 is 0 Å². The maximum Gasteiger partial charge on any atom is 0.295 e. The molecule has 6 nitrogen and oxygen atoms in total. The summed E-state index contributed by atoms with van der Waals surface area (Å²) in [6.07, 6.45) is 0.624. The first-order chi connectivity index (χ1) is 15.4. The van der Waals surface area contributed by atoms with Crippen LogP contribution < -0.4 is 4.74 Å². The lowest BCUT2D eigenvalue weighted by Gasteiger charge is -2.27. The van der Waals surface area contributed by atoms with Gasteiger partial charge in [0.05, 0.1) is 18.7 Å². The van der Waals surface area contributed by atoms with Crippen LogP contribution in [0.1, 0.15) is 37.4 Å². The van der Waals surface area contributed by atoms with Crippen molar-refractivity contribution in [3.63, 3.8) is 0 Å². The van der Waals surface area contributed by atoms with E-state index in [0.717, 1.165) is 19.6 Å². The van der Waals surface area contributed by atoms with Crippen molar-refractivity contribution in [1.82, 2.24) is 9.80 Å². The van der Waals surface area contributed by atoms with Crippen molar-refractivity contribution in [3.8, 4) is 5.75 Å². The molecule has 170 valence electrons. The van der Waals surface area contributed by atoms with Crippen LogP contribution in [0.2, 0.25) is 0 Å². The van der Waals surface area contributed by atoms with Gasteiger partial charge in [-0.05, 0) is 44.3 Å². The quantitative estimate of drug-likeness (QED) is 0.363. The number of ketones is 1. The van der Waals surface area contributed by atoms with E-state index in [1.807, 2.05) is 0 Å². The fraction of sp³-hybridized carbons (Fsp3) is 0.360. The average molecular weight is 441 g/mol. The van der Waals surface area contributed by atoms with Crippen molar-refractivity contribution in [1.29, 1.82) is 0 Å². The molecule has 0 radical (unpaired) electrons. The Bertz CT molecular complexity index is 1020. The number of Topliss-reactive ketones (excluding diaryl/α,β-unsaturated/α-hetero) is 1. The number of carbonyl (C=O) groups excluding carboxylic acids is 2. The van der Waals surface area contributed by atoms with Crippen LogP contribution in [0.5, 0.6) is 5.75 Å². The second-order valence-corrected chi connectivity index (χ2v) is 7.63. The van der Waals surface area contributed by atoms with E-state index in [1.165, 1.54) is 18.1 Å². The summed E-state index contributed by atoms with van der Waals surface area (Å²) >= 11 is 0. The van der Waals surface area contributed by atoms with Gasteiger partial charge in [-0.2, -0.15) is 0 Å². The minimum atomic E-state index is -1.00. The number of methoxy groups -OCH3 is 1. The molecule has 1 atom stereocenters. The summed E-state index contributed by atoms with van der Waals surface area (Å²) in [5, 5.41) is 11.1. The SMILES string of the molecule is CCN(CC)CCCN1C(=O)C(=O)/C(=C(/O)c2cccc(OC)c2)[C@@H]1c1ccccc1F. The Hall–Kier alpha value is -3.19. The lowest BCUT2D eigenvalue weighted by molar-refractivity contribution is -0.140. The molecule has 2 aromatic rings. The van der Waals surface area contributed by atoms with Gasteiger partial charge in [0, 0.05) is 17.7 Å². The first-order valence-electron chi connectivity index (χ1n) is 10.8. The molecule has 1 aliphatic heterocycles. The Morgan fingerprint density at radius 3 is 2.50 bits per heavy atom. The van der Waals surface area contributed by atoms with E-state index in [-0.39, 0.29) is 23.4 Å². The highest BCUT2D eigenvalue weighted by Crippen LogP contribution is 2.40. The van der Waals surface area contributed by atoms with Crippen LogP contribution in [0.3, 0.4) is 0 Å². The van der Waals surface area contributed by atoms with E-state index in [2.05, 4.69) is 18.7 Å². The third-order valence-corrected chi connectivity index (χ3v) is 5.85. The maximum absolute atomic E-state index is 14.8. The smallest absolute Gasteiger partial charge is 0.295 e. The number of ether oxygens (including phenoxy) is 1. The van der Waals surface area contributed by atoms with Gasteiger partial charge in [-0.1, -0.05) is 44.2 Å². The highest BCUT2D eigenvalue weighted by atomic mass is 19.1.